The summed E-state index contributed by atoms with van der Waals surface area (Å²) in [5.41, 5.74) is 2.77. The average molecular weight is 219 g/mol. The normalized spacial score (nSPS) is 12.7. The van der Waals surface area contributed by atoms with E-state index in [2.05, 4.69) is 4.98 Å². The van der Waals surface area contributed by atoms with Gasteiger partial charge < -0.3 is 5.11 Å². The van der Waals surface area contributed by atoms with Gasteiger partial charge in [-0.15, -0.1) is 11.3 Å². The zero-order chi connectivity index (χ0) is 10.8. The van der Waals surface area contributed by atoms with E-state index >= 15 is 0 Å². The van der Waals surface area contributed by atoms with Gasteiger partial charge in [-0.05, 0) is 36.9 Å². The predicted octanol–water partition coefficient (Wildman–Crippen LogP) is 2.84. The van der Waals surface area contributed by atoms with Crippen LogP contribution in [0.1, 0.15) is 27.8 Å². The second kappa shape index (κ2) is 4.13. The molecule has 0 fully saturated rings. The summed E-state index contributed by atoms with van der Waals surface area (Å²) >= 11 is 1.64. The van der Waals surface area contributed by atoms with Crippen molar-refractivity contribution in [3.05, 3.63) is 51.5 Å². The zero-order valence-corrected chi connectivity index (χ0v) is 9.58. The first-order valence-electron chi connectivity index (χ1n) is 4.83. The van der Waals surface area contributed by atoms with Gasteiger partial charge in [-0.3, -0.25) is 4.98 Å². The third-order valence-corrected chi connectivity index (χ3v) is 3.27. The minimum atomic E-state index is -0.600. The highest BCUT2D eigenvalue weighted by Gasteiger charge is 2.14. The predicted molar refractivity (Wildman–Crippen MR) is 62.1 cm³/mol. The first kappa shape index (κ1) is 10.3. The molecule has 2 nitrogen and oxygen atoms in total. The van der Waals surface area contributed by atoms with Crippen LogP contribution in [0.5, 0.6) is 0 Å². The summed E-state index contributed by atoms with van der Waals surface area (Å²) in [6, 6.07) is 5.79. The molecule has 0 amide bonds. The van der Waals surface area contributed by atoms with Crippen molar-refractivity contribution < 1.29 is 5.11 Å². The van der Waals surface area contributed by atoms with Gasteiger partial charge in [0.15, 0.2) is 0 Å². The van der Waals surface area contributed by atoms with Crippen molar-refractivity contribution in [3.8, 4) is 0 Å². The summed E-state index contributed by atoms with van der Waals surface area (Å²) < 4.78 is 0. The molecular weight excluding hydrogens is 206 g/mol. The molecule has 0 spiro atoms. The van der Waals surface area contributed by atoms with E-state index in [1.807, 2.05) is 37.4 Å². The molecule has 78 valence electrons. The van der Waals surface area contributed by atoms with Crippen LogP contribution in [0.3, 0.4) is 0 Å². The van der Waals surface area contributed by atoms with Crippen LogP contribution in [-0.4, -0.2) is 10.1 Å². The standard InChI is InChI=1S/C12H13NOS/c1-8-3-4-11(13-7-8)12(14)10-5-6-15-9(10)2/h3-7,12,14H,1-2H3. The molecule has 3 heteroatoms. The zero-order valence-electron chi connectivity index (χ0n) is 8.77. The molecule has 0 radical (unpaired) electrons. The van der Waals surface area contributed by atoms with E-state index in [1.165, 1.54) is 0 Å². The molecule has 15 heavy (non-hydrogen) atoms. The lowest BCUT2D eigenvalue weighted by Crippen LogP contribution is -2.02. The Morgan fingerprint density at radius 2 is 2.07 bits per heavy atom. The number of hydrogen-bond acceptors (Lipinski definition) is 3. The highest BCUT2D eigenvalue weighted by Crippen LogP contribution is 2.26. The second-order valence-corrected chi connectivity index (χ2v) is 4.72. The smallest absolute Gasteiger partial charge is 0.122 e. The van der Waals surface area contributed by atoms with Crippen molar-refractivity contribution in [1.82, 2.24) is 4.98 Å². The van der Waals surface area contributed by atoms with Gasteiger partial charge in [0, 0.05) is 16.6 Å². The number of rotatable bonds is 2. The molecule has 0 bridgehead atoms. The van der Waals surface area contributed by atoms with Gasteiger partial charge in [0.2, 0.25) is 0 Å². The van der Waals surface area contributed by atoms with Crippen molar-refractivity contribution in [2.75, 3.05) is 0 Å². The molecule has 0 aromatic carbocycles. The SMILES string of the molecule is Cc1ccc(C(O)c2ccsc2C)nc1. The first-order valence-corrected chi connectivity index (χ1v) is 5.71. The molecule has 0 aliphatic carbocycles. The Morgan fingerprint density at radius 1 is 1.27 bits per heavy atom. The monoisotopic (exact) mass is 219 g/mol. The van der Waals surface area contributed by atoms with E-state index in [0.29, 0.717) is 5.69 Å². The van der Waals surface area contributed by atoms with Crippen molar-refractivity contribution in [1.29, 1.82) is 0 Å². The Bertz CT molecular complexity index is 447. The topological polar surface area (TPSA) is 33.1 Å². The Morgan fingerprint density at radius 3 is 2.60 bits per heavy atom. The van der Waals surface area contributed by atoms with Crippen LogP contribution in [0.2, 0.25) is 0 Å². The molecule has 2 aromatic rings. The summed E-state index contributed by atoms with van der Waals surface area (Å²) in [5, 5.41) is 12.1. The van der Waals surface area contributed by atoms with Crippen LogP contribution in [0, 0.1) is 13.8 Å². The van der Waals surface area contributed by atoms with Crippen molar-refractivity contribution in [2.24, 2.45) is 0 Å². The third-order valence-electron chi connectivity index (χ3n) is 2.41. The lowest BCUT2D eigenvalue weighted by Gasteiger charge is -2.09. The van der Waals surface area contributed by atoms with E-state index < -0.39 is 6.10 Å². The molecule has 2 aromatic heterocycles. The summed E-state index contributed by atoms with van der Waals surface area (Å²) in [6.45, 7) is 4.00. The molecule has 0 aliphatic rings. The highest BCUT2D eigenvalue weighted by molar-refractivity contribution is 7.10. The quantitative estimate of drug-likeness (QED) is 0.842. The van der Waals surface area contributed by atoms with Gasteiger partial charge in [0.25, 0.3) is 0 Å². The first-order chi connectivity index (χ1) is 7.18. The number of aryl methyl sites for hydroxylation is 2. The van der Waals surface area contributed by atoms with Crippen LogP contribution >= 0.6 is 11.3 Å². The maximum Gasteiger partial charge on any atom is 0.122 e. The third kappa shape index (κ3) is 2.08. The van der Waals surface area contributed by atoms with E-state index in [0.717, 1.165) is 16.0 Å². The Hall–Kier alpha value is -1.19. The second-order valence-electron chi connectivity index (χ2n) is 3.60. The van der Waals surface area contributed by atoms with Crippen molar-refractivity contribution in [2.45, 2.75) is 20.0 Å². The summed E-state index contributed by atoms with van der Waals surface area (Å²) in [5.74, 6) is 0. The summed E-state index contributed by atoms with van der Waals surface area (Å²) in [6.07, 6.45) is 1.18. The highest BCUT2D eigenvalue weighted by atomic mass is 32.1. The van der Waals surface area contributed by atoms with Crippen LogP contribution in [0.15, 0.2) is 29.8 Å². The Kier molecular flexibility index (Phi) is 2.84. The van der Waals surface area contributed by atoms with E-state index in [1.54, 1.807) is 17.5 Å². The molecule has 0 aliphatic heterocycles. The molecule has 2 heterocycles. The maximum atomic E-state index is 10.1. The van der Waals surface area contributed by atoms with Crippen LogP contribution in [0.4, 0.5) is 0 Å². The fourth-order valence-electron chi connectivity index (χ4n) is 1.48. The fraction of sp³-hybridized carbons (Fsp3) is 0.250. The minimum Gasteiger partial charge on any atom is -0.382 e. The van der Waals surface area contributed by atoms with E-state index in [4.69, 9.17) is 0 Å². The number of pyridine rings is 1. The average Bonchev–Trinajstić information content (AvgIpc) is 2.65. The van der Waals surface area contributed by atoms with Crippen LogP contribution < -0.4 is 0 Å². The molecule has 1 unspecified atom stereocenters. The van der Waals surface area contributed by atoms with Crippen molar-refractivity contribution in [3.63, 3.8) is 0 Å². The number of aromatic nitrogens is 1. The Labute approximate surface area is 93.2 Å². The Balaban J connectivity index is 2.32. The summed E-state index contributed by atoms with van der Waals surface area (Å²) in [7, 11) is 0. The van der Waals surface area contributed by atoms with E-state index in [9.17, 15) is 5.11 Å². The van der Waals surface area contributed by atoms with E-state index in [-0.39, 0.29) is 0 Å². The molecule has 2 rings (SSSR count). The molecule has 1 N–H and O–H groups in total. The summed E-state index contributed by atoms with van der Waals surface area (Å²) in [4.78, 5) is 5.37. The number of thiophene rings is 1. The van der Waals surface area contributed by atoms with Gasteiger partial charge >= 0.3 is 0 Å². The molecular formula is C12H13NOS. The largest absolute Gasteiger partial charge is 0.382 e. The molecule has 0 saturated carbocycles. The van der Waals surface area contributed by atoms with Crippen molar-refractivity contribution >= 4 is 11.3 Å². The minimum absolute atomic E-state index is 0.600. The number of aliphatic hydroxyl groups excluding tert-OH is 1. The van der Waals surface area contributed by atoms with Gasteiger partial charge in [-0.1, -0.05) is 6.07 Å². The lowest BCUT2D eigenvalue weighted by molar-refractivity contribution is 0.215. The van der Waals surface area contributed by atoms with Gasteiger partial charge in [-0.25, -0.2) is 0 Å². The van der Waals surface area contributed by atoms with Gasteiger partial charge in [0.1, 0.15) is 6.10 Å². The number of hydrogen-bond donors (Lipinski definition) is 1. The number of aliphatic hydroxyl groups is 1. The number of nitrogens with zero attached hydrogens (tertiary/aromatic N) is 1. The molecule has 0 saturated heterocycles. The maximum absolute atomic E-state index is 10.1. The lowest BCUT2D eigenvalue weighted by atomic mass is 10.1. The van der Waals surface area contributed by atoms with Crippen LogP contribution in [-0.2, 0) is 0 Å². The van der Waals surface area contributed by atoms with Crippen LogP contribution in [0.25, 0.3) is 0 Å². The van der Waals surface area contributed by atoms with Gasteiger partial charge in [-0.2, -0.15) is 0 Å². The molecule has 1 atom stereocenters. The fourth-order valence-corrected chi connectivity index (χ4v) is 2.21. The van der Waals surface area contributed by atoms with Gasteiger partial charge in [0.05, 0.1) is 5.69 Å².